The molecule has 0 saturated heterocycles. The number of aromatic nitrogens is 1. The Kier molecular flexibility index (Phi) is 5.60. The molecule has 0 aliphatic rings. The highest BCUT2D eigenvalue weighted by atomic mass is 35.5. The number of halogens is 2. The van der Waals surface area contributed by atoms with Gasteiger partial charge in [0.2, 0.25) is 0 Å². The second-order valence-electron chi connectivity index (χ2n) is 4.21. The first kappa shape index (κ1) is 15.5. The third-order valence-corrected chi connectivity index (χ3v) is 4.31. The van der Waals surface area contributed by atoms with Crippen LogP contribution < -0.4 is 10.6 Å². The molecule has 20 heavy (non-hydrogen) atoms. The molecule has 3 nitrogen and oxygen atoms in total. The number of thiocarbonyl (C=S) groups is 1. The highest BCUT2D eigenvalue weighted by molar-refractivity contribution is 7.80. The predicted octanol–water partition coefficient (Wildman–Crippen LogP) is 4.54. The summed E-state index contributed by atoms with van der Waals surface area (Å²) in [6.07, 6.45) is 1.72. The summed E-state index contributed by atoms with van der Waals surface area (Å²) in [6, 6.07) is 5.51. The van der Waals surface area contributed by atoms with Gasteiger partial charge < -0.3 is 10.6 Å². The Morgan fingerprint density at radius 2 is 2.10 bits per heavy atom. The van der Waals surface area contributed by atoms with Crippen LogP contribution >= 0.6 is 46.8 Å². The van der Waals surface area contributed by atoms with Crippen LogP contribution in [-0.2, 0) is 0 Å². The topological polar surface area (TPSA) is 37.0 Å². The number of benzene rings is 1. The zero-order valence-electron chi connectivity index (χ0n) is 10.7. The van der Waals surface area contributed by atoms with Crippen LogP contribution in [0.1, 0.15) is 18.4 Å². The lowest BCUT2D eigenvalue weighted by Gasteiger charge is -2.17. The van der Waals surface area contributed by atoms with Crippen molar-refractivity contribution in [3.8, 4) is 0 Å². The molecular formula is C13H13Cl2N3S2. The summed E-state index contributed by atoms with van der Waals surface area (Å²) >= 11 is 19.1. The van der Waals surface area contributed by atoms with Crippen LogP contribution in [0.5, 0.6) is 0 Å². The molecule has 7 heteroatoms. The third-order valence-electron chi connectivity index (χ3n) is 2.71. The molecule has 0 amide bonds. The van der Waals surface area contributed by atoms with Crippen molar-refractivity contribution in [3.63, 3.8) is 0 Å². The fraction of sp³-hybridized carbons (Fsp3) is 0.231. The Bertz CT molecular complexity index is 567. The number of nitrogens with one attached hydrogen (secondary N) is 2. The van der Waals surface area contributed by atoms with E-state index in [0.29, 0.717) is 21.7 Å². The van der Waals surface area contributed by atoms with Crippen LogP contribution in [0, 0.1) is 0 Å². The summed E-state index contributed by atoms with van der Waals surface area (Å²) in [6.45, 7) is 2.69. The van der Waals surface area contributed by atoms with Gasteiger partial charge in [0.05, 0.1) is 0 Å². The van der Waals surface area contributed by atoms with Gasteiger partial charge in [0, 0.05) is 34.1 Å². The smallest absolute Gasteiger partial charge is 0.188 e. The van der Waals surface area contributed by atoms with Crippen molar-refractivity contribution in [1.29, 1.82) is 0 Å². The molecule has 2 N–H and O–H groups in total. The van der Waals surface area contributed by atoms with Crippen molar-refractivity contribution in [2.75, 3.05) is 11.9 Å². The number of hydrogen-bond donors (Lipinski definition) is 2. The number of hydrogen-bond acceptors (Lipinski definition) is 3. The van der Waals surface area contributed by atoms with Crippen molar-refractivity contribution >= 4 is 57.0 Å². The first-order valence-electron chi connectivity index (χ1n) is 5.96. The van der Waals surface area contributed by atoms with Gasteiger partial charge in [0.1, 0.15) is 0 Å². The van der Waals surface area contributed by atoms with Crippen LogP contribution in [-0.4, -0.2) is 16.6 Å². The molecule has 0 aliphatic heterocycles. The highest BCUT2D eigenvalue weighted by Crippen LogP contribution is 2.30. The van der Waals surface area contributed by atoms with Gasteiger partial charge in [-0.05, 0) is 29.9 Å². The molecule has 2 rings (SSSR count). The SMILES string of the molecule is CC(CNC(=S)Nc1nccs1)c1c(Cl)cccc1Cl. The van der Waals surface area contributed by atoms with E-state index in [1.54, 1.807) is 6.20 Å². The van der Waals surface area contributed by atoms with E-state index in [0.717, 1.165) is 10.7 Å². The van der Waals surface area contributed by atoms with E-state index in [1.807, 2.05) is 30.5 Å². The van der Waals surface area contributed by atoms with Gasteiger partial charge in [-0.25, -0.2) is 4.98 Å². The molecule has 1 aromatic heterocycles. The van der Waals surface area contributed by atoms with Crippen molar-refractivity contribution in [3.05, 3.63) is 45.4 Å². The standard InChI is InChI=1S/C13H13Cl2N3S2/c1-8(11-9(14)3-2-4-10(11)15)7-17-12(19)18-13-16-5-6-20-13/h2-6,8H,7H2,1H3,(H2,16,17,18,19). The molecule has 0 spiro atoms. The summed E-state index contributed by atoms with van der Waals surface area (Å²) < 4.78 is 0. The molecule has 0 aliphatic carbocycles. The van der Waals surface area contributed by atoms with Crippen LogP contribution in [0.15, 0.2) is 29.8 Å². The lowest BCUT2D eigenvalue weighted by atomic mass is 10.0. The van der Waals surface area contributed by atoms with E-state index >= 15 is 0 Å². The summed E-state index contributed by atoms with van der Waals surface area (Å²) in [5, 5.41) is 10.7. The maximum Gasteiger partial charge on any atom is 0.188 e. The second-order valence-corrected chi connectivity index (χ2v) is 6.33. The van der Waals surface area contributed by atoms with Crippen LogP contribution in [0.3, 0.4) is 0 Å². The van der Waals surface area contributed by atoms with Crippen molar-refractivity contribution in [1.82, 2.24) is 10.3 Å². The van der Waals surface area contributed by atoms with Crippen LogP contribution in [0.25, 0.3) is 0 Å². The molecule has 1 heterocycles. The second kappa shape index (κ2) is 7.22. The molecular weight excluding hydrogens is 333 g/mol. The molecule has 1 aromatic carbocycles. The fourth-order valence-corrected chi connectivity index (χ4v) is 3.30. The largest absolute Gasteiger partial charge is 0.362 e. The van der Waals surface area contributed by atoms with E-state index in [1.165, 1.54) is 11.3 Å². The molecule has 1 atom stereocenters. The van der Waals surface area contributed by atoms with Gasteiger partial charge in [-0.15, -0.1) is 11.3 Å². The number of thiazole rings is 1. The van der Waals surface area contributed by atoms with E-state index in [9.17, 15) is 0 Å². The van der Waals surface area contributed by atoms with Gasteiger partial charge in [-0.1, -0.05) is 36.2 Å². The van der Waals surface area contributed by atoms with E-state index in [2.05, 4.69) is 15.6 Å². The monoisotopic (exact) mass is 345 g/mol. The van der Waals surface area contributed by atoms with E-state index in [-0.39, 0.29) is 5.92 Å². The summed E-state index contributed by atoms with van der Waals surface area (Å²) in [5.41, 5.74) is 0.931. The van der Waals surface area contributed by atoms with Crippen LogP contribution in [0.2, 0.25) is 10.0 Å². The first-order valence-corrected chi connectivity index (χ1v) is 8.00. The minimum absolute atomic E-state index is 0.146. The highest BCUT2D eigenvalue weighted by Gasteiger charge is 2.13. The molecule has 0 saturated carbocycles. The number of anilines is 1. The Labute approximate surface area is 137 Å². The van der Waals surface area contributed by atoms with Crippen molar-refractivity contribution < 1.29 is 0 Å². The molecule has 0 radical (unpaired) electrons. The molecule has 1 unspecified atom stereocenters. The van der Waals surface area contributed by atoms with E-state index in [4.69, 9.17) is 35.4 Å². The van der Waals surface area contributed by atoms with Gasteiger partial charge in [0.15, 0.2) is 10.2 Å². The van der Waals surface area contributed by atoms with Crippen molar-refractivity contribution in [2.24, 2.45) is 0 Å². The molecule has 0 bridgehead atoms. The Morgan fingerprint density at radius 1 is 1.40 bits per heavy atom. The van der Waals surface area contributed by atoms with Gasteiger partial charge in [-0.3, -0.25) is 0 Å². The maximum absolute atomic E-state index is 6.19. The van der Waals surface area contributed by atoms with E-state index < -0.39 is 0 Å². The average Bonchev–Trinajstić information content (AvgIpc) is 2.89. The quantitative estimate of drug-likeness (QED) is 0.797. The fourth-order valence-electron chi connectivity index (χ4n) is 1.76. The molecule has 2 aromatic rings. The lowest BCUT2D eigenvalue weighted by molar-refractivity contribution is 0.724. The molecule has 106 valence electrons. The lowest BCUT2D eigenvalue weighted by Crippen LogP contribution is -2.31. The first-order chi connectivity index (χ1) is 9.58. The molecule has 0 fully saturated rings. The third kappa shape index (κ3) is 4.06. The minimum atomic E-state index is 0.146. The minimum Gasteiger partial charge on any atom is -0.362 e. The zero-order valence-corrected chi connectivity index (χ0v) is 13.8. The number of rotatable bonds is 4. The average molecular weight is 346 g/mol. The van der Waals surface area contributed by atoms with Crippen LogP contribution in [0.4, 0.5) is 5.13 Å². The maximum atomic E-state index is 6.19. The predicted molar refractivity (Wildman–Crippen MR) is 91.2 cm³/mol. The van der Waals surface area contributed by atoms with Gasteiger partial charge >= 0.3 is 0 Å². The Hall–Kier alpha value is -0.880. The Morgan fingerprint density at radius 3 is 2.70 bits per heavy atom. The number of nitrogens with zero attached hydrogens (tertiary/aromatic N) is 1. The van der Waals surface area contributed by atoms with Crippen molar-refractivity contribution in [2.45, 2.75) is 12.8 Å². The normalized spacial score (nSPS) is 11.9. The van der Waals surface area contributed by atoms with Gasteiger partial charge in [0.25, 0.3) is 0 Å². The summed E-state index contributed by atoms with van der Waals surface area (Å²) in [4.78, 5) is 4.11. The summed E-state index contributed by atoms with van der Waals surface area (Å²) in [7, 11) is 0. The Balaban J connectivity index is 1.92. The summed E-state index contributed by atoms with van der Waals surface area (Å²) in [5.74, 6) is 0.146. The zero-order chi connectivity index (χ0) is 14.5. The van der Waals surface area contributed by atoms with Gasteiger partial charge in [-0.2, -0.15) is 0 Å².